The van der Waals surface area contributed by atoms with Gasteiger partial charge in [-0.3, -0.25) is 4.98 Å². The zero-order valence-electron chi connectivity index (χ0n) is 13.9. The fraction of sp³-hybridized carbons (Fsp3) is 0.263. The molecule has 4 rings (SSSR count). The Bertz CT molecular complexity index is 900. The van der Waals surface area contributed by atoms with Gasteiger partial charge in [0.25, 0.3) is 0 Å². The van der Waals surface area contributed by atoms with Gasteiger partial charge in [-0.25, -0.2) is 13.8 Å². The zero-order chi connectivity index (χ0) is 18.5. The fourth-order valence-corrected chi connectivity index (χ4v) is 2.66. The molecule has 1 aromatic carbocycles. The van der Waals surface area contributed by atoms with E-state index < -0.39 is 11.8 Å². The van der Waals surface area contributed by atoms with Crippen LogP contribution >= 0.6 is 0 Å². The standard InChI is InChI=1S/C14H15FN2.C5H3F2NO/c15-14-5-4-10-8-16-7-6-12(10)13(14)9-17-11-2-1-3-11;6-4-1-3(9)2-8-5(4)7/h4-8,11,17H,1-3,9H2;1-2,9H. The molecule has 136 valence electrons. The quantitative estimate of drug-likeness (QED) is 0.690. The number of nitrogens with one attached hydrogen (secondary N) is 1. The molecule has 2 aromatic heterocycles. The van der Waals surface area contributed by atoms with Crippen LogP contribution in [0.2, 0.25) is 0 Å². The Morgan fingerprint density at radius 1 is 1.08 bits per heavy atom. The van der Waals surface area contributed by atoms with E-state index in [9.17, 15) is 13.2 Å². The number of fused-ring (bicyclic) bond motifs is 1. The van der Waals surface area contributed by atoms with E-state index in [-0.39, 0.29) is 11.6 Å². The number of halogens is 3. The second-order valence-corrected chi connectivity index (χ2v) is 6.10. The lowest BCUT2D eigenvalue weighted by atomic mass is 9.93. The largest absolute Gasteiger partial charge is 0.506 e. The average Bonchev–Trinajstić information content (AvgIpc) is 2.59. The van der Waals surface area contributed by atoms with Crippen LogP contribution in [0.15, 0.2) is 42.9 Å². The van der Waals surface area contributed by atoms with Crippen LogP contribution in [-0.2, 0) is 6.54 Å². The second-order valence-electron chi connectivity index (χ2n) is 6.10. The van der Waals surface area contributed by atoms with Gasteiger partial charge in [0.2, 0.25) is 5.95 Å². The Morgan fingerprint density at radius 3 is 2.54 bits per heavy atom. The highest BCUT2D eigenvalue weighted by molar-refractivity contribution is 5.84. The maximum Gasteiger partial charge on any atom is 0.249 e. The maximum absolute atomic E-state index is 13.8. The summed E-state index contributed by atoms with van der Waals surface area (Å²) in [6, 6.07) is 6.43. The number of hydrogen-bond acceptors (Lipinski definition) is 4. The maximum atomic E-state index is 13.8. The summed E-state index contributed by atoms with van der Waals surface area (Å²) in [7, 11) is 0. The van der Waals surface area contributed by atoms with Crippen LogP contribution in [0.5, 0.6) is 5.75 Å². The lowest BCUT2D eigenvalue weighted by molar-refractivity contribution is 0.337. The van der Waals surface area contributed by atoms with E-state index in [1.807, 2.05) is 6.07 Å². The van der Waals surface area contributed by atoms with Crippen LogP contribution in [0, 0.1) is 17.6 Å². The molecule has 1 aliphatic rings. The summed E-state index contributed by atoms with van der Waals surface area (Å²) in [5.41, 5.74) is 0.761. The molecule has 0 radical (unpaired) electrons. The molecule has 4 nitrogen and oxygen atoms in total. The number of aromatic nitrogens is 2. The molecular formula is C19H18F3N3O. The van der Waals surface area contributed by atoms with Crippen molar-refractivity contribution in [1.82, 2.24) is 15.3 Å². The number of pyridine rings is 2. The molecule has 1 fully saturated rings. The van der Waals surface area contributed by atoms with Gasteiger partial charge >= 0.3 is 0 Å². The first-order chi connectivity index (χ1) is 12.5. The number of hydrogen-bond donors (Lipinski definition) is 2. The molecule has 0 bridgehead atoms. The van der Waals surface area contributed by atoms with Crippen LogP contribution in [0.1, 0.15) is 24.8 Å². The highest BCUT2D eigenvalue weighted by Gasteiger charge is 2.17. The lowest BCUT2D eigenvalue weighted by Gasteiger charge is -2.26. The molecule has 1 saturated carbocycles. The van der Waals surface area contributed by atoms with Crippen molar-refractivity contribution in [2.45, 2.75) is 31.8 Å². The smallest absolute Gasteiger partial charge is 0.249 e. The summed E-state index contributed by atoms with van der Waals surface area (Å²) in [5.74, 6) is -2.85. The molecule has 0 atom stereocenters. The van der Waals surface area contributed by atoms with Crippen molar-refractivity contribution in [3.8, 4) is 5.75 Å². The molecular weight excluding hydrogens is 343 g/mol. The van der Waals surface area contributed by atoms with Crippen molar-refractivity contribution >= 4 is 10.8 Å². The van der Waals surface area contributed by atoms with Crippen molar-refractivity contribution < 1.29 is 18.3 Å². The van der Waals surface area contributed by atoms with Gasteiger partial charge in [0.15, 0.2) is 5.82 Å². The van der Waals surface area contributed by atoms with E-state index in [0.717, 1.165) is 22.5 Å². The van der Waals surface area contributed by atoms with E-state index in [1.54, 1.807) is 18.5 Å². The van der Waals surface area contributed by atoms with Crippen molar-refractivity contribution in [3.05, 3.63) is 66.0 Å². The molecule has 2 heterocycles. The van der Waals surface area contributed by atoms with Gasteiger partial charge in [-0.05, 0) is 36.4 Å². The molecule has 0 spiro atoms. The first-order valence-electron chi connectivity index (χ1n) is 8.29. The highest BCUT2D eigenvalue weighted by Crippen LogP contribution is 2.23. The third kappa shape index (κ3) is 4.29. The highest BCUT2D eigenvalue weighted by atomic mass is 19.2. The first-order valence-corrected chi connectivity index (χ1v) is 8.29. The van der Waals surface area contributed by atoms with Gasteiger partial charge in [-0.2, -0.15) is 4.39 Å². The zero-order valence-corrected chi connectivity index (χ0v) is 13.9. The van der Waals surface area contributed by atoms with Crippen LogP contribution in [0.4, 0.5) is 13.2 Å². The number of rotatable bonds is 3. The molecule has 3 aromatic rings. The minimum absolute atomic E-state index is 0.129. The first kappa shape index (κ1) is 18.1. The van der Waals surface area contributed by atoms with Gasteiger partial charge in [0.1, 0.15) is 11.6 Å². The Morgan fingerprint density at radius 2 is 1.88 bits per heavy atom. The monoisotopic (exact) mass is 361 g/mol. The van der Waals surface area contributed by atoms with E-state index >= 15 is 0 Å². The number of aromatic hydroxyl groups is 1. The van der Waals surface area contributed by atoms with Crippen molar-refractivity contribution in [2.75, 3.05) is 0 Å². The average molecular weight is 361 g/mol. The summed E-state index contributed by atoms with van der Waals surface area (Å²) in [6.07, 6.45) is 8.05. The summed E-state index contributed by atoms with van der Waals surface area (Å²) in [6.45, 7) is 0.609. The normalized spacial score (nSPS) is 13.8. The minimum Gasteiger partial charge on any atom is -0.506 e. The number of nitrogens with zero attached hydrogens (tertiary/aromatic N) is 2. The summed E-state index contributed by atoms with van der Waals surface area (Å²) < 4.78 is 37.7. The van der Waals surface area contributed by atoms with Crippen LogP contribution in [0.3, 0.4) is 0 Å². The minimum atomic E-state index is -1.20. The van der Waals surface area contributed by atoms with Crippen molar-refractivity contribution in [3.63, 3.8) is 0 Å². The Hall–Kier alpha value is -2.67. The van der Waals surface area contributed by atoms with Gasteiger partial charge < -0.3 is 10.4 Å². The van der Waals surface area contributed by atoms with Crippen LogP contribution < -0.4 is 5.32 Å². The van der Waals surface area contributed by atoms with Crippen molar-refractivity contribution in [1.29, 1.82) is 0 Å². The molecule has 0 unspecified atom stereocenters. The molecule has 26 heavy (non-hydrogen) atoms. The molecule has 7 heteroatoms. The Balaban J connectivity index is 0.000000185. The molecule has 0 aliphatic heterocycles. The lowest BCUT2D eigenvalue weighted by Crippen LogP contribution is -2.34. The summed E-state index contributed by atoms with van der Waals surface area (Å²) in [5, 5.41) is 13.8. The third-order valence-electron chi connectivity index (χ3n) is 4.33. The molecule has 0 saturated heterocycles. The second kappa shape index (κ2) is 8.14. The summed E-state index contributed by atoms with van der Waals surface area (Å²) >= 11 is 0. The molecule has 1 aliphatic carbocycles. The van der Waals surface area contributed by atoms with Crippen LogP contribution in [-0.4, -0.2) is 21.1 Å². The topological polar surface area (TPSA) is 58.0 Å². The predicted octanol–water partition coefficient (Wildman–Crippen LogP) is 4.08. The third-order valence-corrected chi connectivity index (χ3v) is 4.33. The predicted molar refractivity (Wildman–Crippen MR) is 92.0 cm³/mol. The fourth-order valence-electron chi connectivity index (χ4n) is 2.66. The van der Waals surface area contributed by atoms with Gasteiger partial charge in [-0.15, -0.1) is 0 Å². The van der Waals surface area contributed by atoms with Crippen molar-refractivity contribution in [2.24, 2.45) is 0 Å². The molecule has 2 N–H and O–H groups in total. The van der Waals surface area contributed by atoms with E-state index in [4.69, 9.17) is 5.11 Å². The van der Waals surface area contributed by atoms with Gasteiger partial charge in [0.05, 0.1) is 6.20 Å². The molecule has 0 amide bonds. The SMILES string of the molecule is Fc1ccc2cnccc2c1CNC1CCC1.Oc1cnc(F)c(F)c1. The van der Waals surface area contributed by atoms with Gasteiger partial charge in [0, 0.05) is 42.0 Å². The Labute approximate surface area is 148 Å². The summed E-state index contributed by atoms with van der Waals surface area (Å²) in [4.78, 5) is 6.95. The van der Waals surface area contributed by atoms with E-state index in [2.05, 4.69) is 15.3 Å². The van der Waals surface area contributed by atoms with E-state index in [1.165, 1.54) is 25.3 Å². The van der Waals surface area contributed by atoms with Gasteiger partial charge in [-0.1, -0.05) is 6.42 Å². The van der Waals surface area contributed by atoms with Crippen LogP contribution in [0.25, 0.3) is 10.8 Å². The Kier molecular flexibility index (Phi) is 5.68. The van der Waals surface area contributed by atoms with E-state index in [0.29, 0.717) is 18.7 Å². The number of benzene rings is 1.